The Labute approximate surface area is 67.9 Å². The van der Waals surface area contributed by atoms with Crippen LogP contribution in [0, 0.1) is 11.8 Å². The molecule has 1 saturated carbocycles. The van der Waals surface area contributed by atoms with Gasteiger partial charge in [0.25, 0.3) is 0 Å². The summed E-state index contributed by atoms with van der Waals surface area (Å²) in [5.74, 6) is 0.945. The maximum Gasteiger partial charge on any atom is 0.0781 e. The van der Waals surface area contributed by atoms with Crippen molar-refractivity contribution < 1.29 is 9.84 Å². The molecule has 1 aliphatic carbocycles. The number of hydrogen-bond acceptors (Lipinski definition) is 2. The average molecular weight is 156 g/mol. The van der Waals surface area contributed by atoms with E-state index in [0.717, 1.165) is 12.8 Å². The van der Waals surface area contributed by atoms with Crippen LogP contribution in [0.4, 0.5) is 0 Å². The van der Waals surface area contributed by atoms with Gasteiger partial charge >= 0.3 is 0 Å². The molecule has 0 bridgehead atoms. The number of methoxy groups -OCH3 is 1. The molecule has 0 heterocycles. The van der Waals surface area contributed by atoms with Crippen LogP contribution in [0.15, 0.2) is 12.7 Å². The highest BCUT2D eigenvalue weighted by atomic mass is 16.5. The summed E-state index contributed by atoms with van der Waals surface area (Å²) in [7, 11) is 1.69. The molecule has 0 aromatic rings. The van der Waals surface area contributed by atoms with Gasteiger partial charge in [-0.25, -0.2) is 0 Å². The van der Waals surface area contributed by atoms with Crippen molar-refractivity contribution >= 4 is 0 Å². The van der Waals surface area contributed by atoms with Crippen molar-refractivity contribution in [1.29, 1.82) is 0 Å². The fraction of sp³-hybridized carbons (Fsp3) is 0.778. The molecular weight excluding hydrogens is 140 g/mol. The molecule has 0 aromatic carbocycles. The van der Waals surface area contributed by atoms with Crippen LogP contribution in [0.1, 0.15) is 12.8 Å². The molecule has 2 heteroatoms. The van der Waals surface area contributed by atoms with Crippen molar-refractivity contribution in [3.05, 3.63) is 12.7 Å². The minimum Gasteiger partial charge on any atom is -0.396 e. The van der Waals surface area contributed by atoms with Crippen LogP contribution < -0.4 is 0 Å². The normalized spacial score (nSPS) is 32.5. The van der Waals surface area contributed by atoms with Gasteiger partial charge in [-0.1, -0.05) is 6.08 Å². The van der Waals surface area contributed by atoms with Gasteiger partial charge in [-0.05, 0) is 24.7 Å². The van der Waals surface area contributed by atoms with E-state index >= 15 is 0 Å². The van der Waals surface area contributed by atoms with Crippen LogP contribution >= 0.6 is 0 Å². The molecule has 1 N–H and O–H groups in total. The Bertz CT molecular complexity index is 132. The molecular formula is C9H16O2. The van der Waals surface area contributed by atoms with Crippen molar-refractivity contribution in [2.24, 2.45) is 11.8 Å². The van der Waals surface area contributed by atoms with Crippen LogP contribution in [0.3, 0.4) is 0 Å². The number of ether oxygens (including phenoxy) is 1. The first kappa shape index (κ1) is 8.75. The third kappa shape index (κ3) is 1.63. The van der Waals surface area contributed by atoms with Crippen LogP contribution in [0.2, 0.25) is 0 Å². The molecule has 0 unspecified atom stereocenters. The molecule has 1 rings (SSSR count). The van der Waals surface area contributed by atoms with Crippen molar-refractivity contribution in [3.63, 3.8) is 0 Å². The highest BCUT2D eigenvalue weighted by Crippen LogP contribution is 2.37. The molecule has 0 aliphatic heterocycles. The fourth-order valence-corrected chi connectivity index (χ4v) is 1.70. The lowest BCUT2D eigenvalue weighted by molar-refractivity contribution is -0.0115. The van der Waals surface area contributed by atoms with Crippen molar-refractivity contribution in [3.8, 4) is 0 Å². The topological polar surface area (TPSA) is 29.5 Å². The maximum absolute atomic E-state index is 8.91. The van der Waals surface area contributed by atoms with Crippen molar-refractivity contribution in [2.45, 2.75) is 18.9 Å². The first-order valence-electron chi connectivity index (χ1n) is 4.09. The highest BCUT2D eigenvalue weighted by Gasteiger charge is 2.35. The largest absolute Gasteiger partial charge is 0.396 e. The predicted molar refractivity (Wildman–Crippen MR) is 44.3 cm³/mol. The summed E-state index contributed by atoms with van der Waals surface area (Å²) in [5, 5.41) is 8.91. The smallest absolute Gasteiger partial charge is 0.0781 e. The maximum atomic E-state index is 8.91. The zero-order valence-electron chi connectivity index (χ0n) is 6.99. The van der Waals surface area contributed by atoms with Crippen LogP contribution in [0.25, 0.3) is 0 Å². The molecule has 11 heavy (non-hydrogen) atoms. The van der Waals surface area contributed by atoms with E-state index in [1.807, 2.05) is 6.08 Å². The van der Waals surface area contributed by atoms with E-state index in [-0.39, 0.29) is 6.10 Å². The Balaban J connectivity index is 2.39. The van der Waals surface area contributed by atoms with Gasteiger partial charge in [-0.15, -0.1) is 6.58 Å². The zero-order chi connectivity index (χ0) is 8.27. The summed E-state index contributed by atoms with van der Waals surface area (Å²) in [6.45, 7) is 3.99. The van der Waals surface area contributed by atoms with E-state index in [4.69, 9.17) is 9.84 Å². The van der Waals surface area contributed by atoms with Gasteiger partial charge in [0, 0.05) is 13.7 Å². The lowest BCUT2D eigenvalue weighted by Crippen LogP contribution is -2.37. The molecule has 0 amide bonds. The molecule has 1 aliphatic rings. The molecule has 2 nitrogen and oxygen atoms in total. The summed E-state index contributed by atoms with van der Waals surface area (Å²) in [4.78, 5) is 0. The minimum absolute atomic E-state index is 0.140. The minimum atomic E-state index is 0.140. The molecule has 3 atom stereocenters. The fourth-order valence-electron chi connectivity index (χ4n) is 1.70. The second-order valence-electron chi connectivity index (χ2n) is 3.12. The lowest BCUT2D eigenvalue weighted by Gasteiger charge is -2.39. The van der Waals surface area contributed by atoms with Crippen LogP contribution in [-0.4, -0.2) is 24.9 Å². The third-order valence-electron chi connectivity index (χ3n) is 2.64. The number of aliphatic hydroxyl groups is 1. The van der Waals surface area contributed by atoms with Gasteiger partial charge in [0.05, 0.1) is 6.10 Å². The molecule has 0 saturated heterocycles. The second kappa shape index (κ2) is 3.88. The summed E-state index contributed by atoms with van der Waals surface area (Å²) >= 11 is 0. The quantitative estimate of drug-likeness (QED) is 0.620. The predicted octanol–water partition coefficient (Wildman–Crippen LogP) is 1.21. The van der Waals surface area contributed by atoms with Gasteiger partial charge in [-0.2, -0.15) is 0 Å². The van der Waals surface area contributed by atoms with E-state index < -0.39 is 0 Å². The van der Waals surface area contributed by atoms with Crippen LogP contribution in [0.5, 0.6) is 0 Å². The average Bonchev–Trinajstić information content (AvgIpc) is 1.98. The van der Waals surface area contributed by atoms with Gasteiger partial charge in [0.15, 0.2) is 0 Å². The van der Waals surface area contributed by atoms with Gasteiger partial charge in [-0.3, -0.25) is 0 Å². The molecule has 64 valence electrons. The van der Waals surface area contributed by atoms with Crippen LogP contribution in [-0.2, 0) is 4.74 Å². The first-order valence-corrected chi connectivity index (χ1v) is 4.09. The second-order valence-corrected chi connectivity index (χ2v) is 3.12. The first-order chi connectivity index (χ1) is 5.33. The highest BCUT2D eigenvalue weighted by molar-refractivity contribution is 4.94. The Morgan fingerprint density at radius 2 is 2.45 bits per heavy atom. The number of rotatable bonds is 4. The Morgan fingerprint density at radius 3 is 2.73 bits per heavy atom. The standard InChI is InChI=1S/C9H16O2/c1-3-9(11-2)8-5-4-7(8)6-10/h3,7-10H,1,4-6H2,2H3/t7-,8+,9-/m0/s1. The molecule has 0 spiro atoms. The monoisotopic (exact) mass is 156 g/mol. The van der Waals surface area contributed by atoms with E-state index in [1.54, 1.807) is 7.11 Å². The molecule has 0 aromatic heterocycles. The summed E-state index contributed by atoms with van der Waals surface area (Å²) in [6.07, 6.45) is 4.26. The molecule has 0 radical (unpaired) electrons. The van der Waals surface area contributed by atoms with Crippen molar-refractivity contribution in [2.75, 3.05) is 13.7 Å². The Morgan fingerprint density at radius 1 is 1.73 bits per heavy atom. The van der Waals surface area contributed by atoms with E-state index in [9.17, 15) is 0 Å². The van der Waals surface area contributed by atoms with Gasteiger partial charge < -0.3 is 9.84 Å². The number of aliphatic hydroxyl groups excluding tert-OH is 1. The van der Waals surface area contributed by atoms with E-state index in [2.05, 4.69) is 6.58 Å². The molecule has 1 fully saturated rings. The SMILES string of the molecule is C=C[C@H](OC)[C@@H]1CC[C@H]1CO. The van der Waals surface area contributed by atoms with E-state index in [1.165, 1.54) is 0 Å². The Hall–Kier alpha value is -0.340. The zero-order valence-corrected chi connectivity index (χ0v) is 6.99. The summed E-state index contributed by atoms with van der Waals surface area (Å²) in [5.41, 5.74) is 0. The van der Waals surface area contributed by atoms with E-state index in [0.29, 0.717) is 18.4 Å². The van der Waals surface area contributed by atoms with Gasteiger partial charge in [0.1, 0.15) is 0 Å². The third-order valence-corrected chi connectivity index (χ3v) is 2.64. The van der Waals surface area contributed by atoms with Crippen molar-refractivity contribution in [1.82, 2.24) is 0 Å². The summed E-state index contributed by atoms with van der Waals surface area (Å²) < 4.78 is 5.21. The number of hydrogen-bond donors (Lipinski definition) is 1. The Kier molecular flexibility index (Phi) is 3.09. The van der Waals surface area contributed by atoms with Gasteiger partial charge in [0.2, 0.25) is 0 Å². The lowest BCUT2D eigenvalue weighted by atomic mass is 9.71. The summed E-state index contributed by atoms with van der Waals surface area (Å²) in [6, 6.07) is 0.